The number of ether oxygens (including phenoxy) is 2. The number of hydrogen-bond acceptors (Lipinski definition) is 5. The first-order valence-electron chi connectivity index (χ1n) is 4.83. The largest absolute Gasteiger partial charge is 0.493 e. The van der Waals surface area contributed by atoms with Gasteiger partial charge in [0.1, 0.15) is 0 Å². The fraction of sp³-hybridized carbons (Fsp3) is 0.182. The van der Waals surface area contributed by atoms with E-state index >= 15 is 0 Å². The van der Waals surface area contributed by atoms with Crippen LogP contribution >= 0.6 is 0 Å². The quantitative estimate of drug-likeness (QED) is 0.600. The minimum atomic E-state index is -0.489. The SMILES string of the molecule is COc1cc([N+](=O)[O-])c2ncccc2c1OC. The van der Waals surface area contributed by atoms with E-state index in [-0.39, 0.29) is 11.2 Å². The number of nitro groups is 1. The molecular formula is C11H10N2O4. The zero-order valence-corrected chi connectivity index (χ0v) is 9.34. The lowest BCUT2D eigenvalue weighted by molar-refractivity contribution is -0.383. The zero-order chi connectivity index (χ0) is 12.4. The lowest BCUT2D eigenvalue weighted by Crippen LogP contribution is -1.97. The maximum absolute atomic E-state index is 11.0. The van der Waals surface area contributed by atoms with Gasteiger partial charge in [-0.15, -0.1) is 0 Å². The second kappa shape index (κ2) is 4.25. The third-order valence-electron chi connectivity index (χ3n) is 2.41. The second-order valence-corrected chi connectivity index (χ2v) is 3.29. The van der Waals surface area contributed by atoms with E-state index in [4.69, 9.17) is 9.47 Å². The zero-order valence-electron chi connectivity index (χ0n) is 9.34. The molecule has 1 aromatic heterocycles. The fourth-order valence-corrected chi connectivity index (χ4v) is 1.68. The van der Waals surface area contributed by atoms with Crippen LogP contribution in [-0.2, 0) is 0 Å². The van der Waals surface area contributed by atoms with Crippen LogP contribution in [0.3, 0.4) is 0 Å². The molecule has 1 heterocycles. The van der Waals surface area contributed by atoms with E-state index in [9.17, 15) is 10.1 Å². The van der Waals surface area contributed by atoms with Crippen LogP contribution in [0.4, 0.5) is 5.69 Å². The van der Waals surface area contributed by atoms with Crippen molar-refractivity contribution in [2.24, 2.45) is 0 Å². The van der Waals surface area contributed by atoms with Crippen molar-refractivity contribution in [1.29, 1.82) is 0 Å². The molecule has 0 spiro atoms. The van der Waals surface area contributed by atoms with Gasteiger partial charge in [-0.3, -0.25) is 10.1 Å². The fourth-order valence-electron chi connectivity index (χ4n) is 1.68. The van der Waals surface area contributed by atoms with Crippen molar-refractivity contribution in [3.8, 4) is 11.5 Å². The summed E-state index contributed by atoms with van der Waals surface area (Å²) < 4.78 is 10.3. The van der Waals surface area contributed by atoms with Crippen molar-refractivity contribution in [2.75, 3.05) is 14.2 Å². The van der Waals surface area contributed by atoms with Gasteiger partial charge >= 0.3 is 0 Å². The van der Waals surface area contributed by atoms with Crippen molar-refractivity contribution < 1.29 is 14.4 Å². The highest BCUT2D eigenvalue weighted by molar-refractivity contribution is 5.94. The number of aromatic nitrogens is 1. The normalized spacial score (nSPS) is 10.2. The first-order valence-corrected chi connectivity index (χ1v) is 4.83. The topological polar surface area (TPSA) is 74.5 Å². The predicted octanol–water partition coefficient (Wildman–Crippen LogP) is 2.16. The standard InChI is InChI=1S/C11H10N2O4/c1-16-9-6-8(13(14)15)10-7(11(9)17-2)4-3-5-12-10/h3-6H,1-2H3. The Labute approximate surface area is 96.9 Å². The number of pyridine rings is 1. The van der Waals surface area contributed by atoms with Gasteiger partial charge in [0.25, 0.3) is 5.69 Å². The second-order valence-electron chi connectivity index (χ2n) is 3.29. The summed E-state index contributed by atoms with van der Waals surface area (Å²) in [7, 11) is 2.92. The van der Waals surface area contributed by atoms with Crippen LogP contribution in [0.1, 0.15) is 0 Å². The molecule has 0 bridgehead atoms. The van der Waals surface area contributed by atoms with Crippen LogP contribution in [0.5, 0.6) is 11.5 Å². The molecule has 0 aliphatic rings. The van der Waals surface area contributed by atoms with Gasteiger partial charge in [-0.25, -0.2) is 4.98 Å². The first-order chi connectivity index (χ1) is 8.19. The minimum Gasteiger partial charge on any atom is -0.493 e. The molecular weight excluding hydrogens is 224 g/mol. The number of benzene rings is 1. The van der Waals surface area contributed by atoms with E-state index < -0.39 is 4.92 Å². The summed E-state index contributed by atoms with van der Waals surface area (Å²) in [6.45, 7) is 0. The molecule has 6 heteroatoms. The number of nitrogens with zero attached hydrogens (tertiary/aromatic N) is 2. The first kappa shape index (κ1) is 11.1. The Morgan fingerprint density at radius 1 is 1.35 bits per heavy atom. The number of fused-ring (bicyclic) bond motifs is 1. The molecule has 6 nitrogen and oxygen atoms in total. The molecule has 0 unspecified atom stereocenters. The minimum absolute atomic E-state index is 0.0988. The smallest absolute Gasteiger partial charge is 0.299 e. The average molecular weight is 234 g/mol. The van der Waals surface area contributed by atoms with Crippen molar-refractivity contribution in [2.45, 2.75) is 0 Å². The highest BCUT2D eigenvalue weighted by Gasteiger charge is 2.20. The maximum Gasteiger partial charge on any atom is 0.299 e. The number of methoxy groups -OCH3 is 2. The van der Waals surface area contributed by atoms with Gasteiger partial charge < -0.3 is 9.47 Å². The van der Waals surface area contributed by atoms with Crippen molar-refractivity contribution in [3.63, 3.8) is 0 Å². The molecule has 1 aromatic carbocycles. The molecule has 0 aliphatic carbocycles. The molecule has 0 N–H and O–H groups in total. The van der Waals surface area contributed by atoms with Crippen LogP contribution in [0, 0.1) is 10.1 Å². The van der Waals surface area contributed by atoms with Gasteiger partial charge in [-0.2, -0.15) is 0 Å². The number of nitro benzene ring substituents is 1. The Balaban J connectivity index is 2.89. The number of hydrogen-bond donors (Lipinski definition) is 0. The Morgan fingerprint density at radius 2 is 2.12 bits per heavy atom. The van der Waals surface area contributed by atoms with Crippen LogP contribution in [-0.4, -0.2) is 24.1 Å². The highest BCUT2D eigenvalue weighted by Crippen LogP contribution is 2.39. The molecule has 0 atom stereocenters. The summed E-state index contributed by atoms with van der Waals surface area (Å²) in [6, 6.07) is 4.71. The Hall–Kier alpha value is -2.37. The molecule has 0 aliphatic heterocycles. The van der Waals surface area contributed by atoms with Crippen molar-refractivity contribution >= 4 is 16.6 Å². The summed E-state index contributed by atoms with van der Waals surface area (Å²) in [6.07, 6.45) is 1.50. The van der Waals surface area contributed by atoms with E-state index in [1.165, 1.54) is 26.5 Å². The van der Waals surface area contributed by atoms with Gasteiger partial charge in [0.05, 0.1) is 30.6 Å². The molecule has 0 amide bonds. The van der Waals surface area contributed by atoms with Gasteiger partial charge in [0.15, 0.2) is 17.0 Å². The lowest BCUT2D eigenvalue weighted by atomic mass is 10.1. The Morgan fingerprint density at radius 3 is 2.71 bits per heavy atom. The van der Waals surface area contributed by atoms with Gasteiger partial charge in [0, 0.05) is 6.20 Å². The van der Waals surface area contributed by atoms with Gasteiger partial charge in [-0.05, 0) is 12.1 Å². The molecule has 17 heavy (non-hydrogen) atoms. The van der Waals surface area contributed by atoms with Crippen LogP contribution < -0.4 is 9.47 Å². The summed E-state index contributed by atoms with van der Waals surface area (Å²) >= 11 is 0. The van der Waals surface area contributed by atoms with Crippen molar-refractivity contribution in [3.05, 3.63) is 34.5 Å². The van der Waals surface area contributed by atoms with Gasteiger partial charge in [0.2, 0.25) is 0 Å². The molecule has 0 fully saturated rings. The maximum atomic E-state index is 11.0. The summed E-state index contributed by atoms with van der Waals surface area (Å²) in [5.74, 6) is 0.765. The Bertz CT molecular complexity index is 583. The molecule has 0 saturated heterocycles. The van der Waals surface area contributed by atoms with E-state index in [1.54, 1.807) is 12.1 Å². The monoisotopic (exact) mass is 234 g/mol. The van der Waals surface area contributed by atoms with Crippen molar-refractivity contribution in [1.82, 2.24) is 4.98 Å². The third kappa shape index (κ3) is 1.73. The average Bonchev–Trinajstić information content (AvgIpc) is 2.36. The van der Waals surface area contributed by atoms with E-state index in [1.807, 2.05) is 0 Å². The van der Waals surface area contributed by atoms with E-state index in [2.05, 4.69) is 4.98 Å². The van der Waals surface area contributed by atoms with E-state index in [0.29, 0.717) is 16.9 Å². The molecule has 2 rings (SSSR count). The molecule has 2 aromatic rings. The third-order valence-corrected chi connectivity index (χ3v) is 2.41. The molecule has 88 valence electrons. The lowest BCUT2D eigenvalue weighted by Gasteiger charge is -2.10. The number of rotatable bonds is 3. The van der Waals surface area contributed by atoms with Gasteiger partial charge in [-0.1, -0.05) is 0 Å². The molecule has 0 radical (unpaired) electrons. The number of non-ortho nitro benzene ring substituents is 1. The predicted molar refractivity (Wildman–Crippen MR) is 61.5 cm³/mol. The summed E-state index contributed by atoms with van der Waals surface area (Å²) in [5.41, 5.74) is 0.188. The molecule has 0 saturated carbocycles. The van der Waals surface area contributed by atoms with E-state index in [0.717, 1.165) is 0 Å². The Kier molecular flexibility index (Phi) is 2.78. The highest BCUT2D eigenvalue weighted by atomic mass is 16.6. The van der Waals surface area contributed by atoms with Crippen LogP contribution in [0.2, 0.25) is 0 Å². The summed E-state index contributed by atoms with van der Waals surface area (Å²) in [4.78, 5) is 14.5. The van der Waals surface area contributed by atoms with Crippen LogP contribution in [0.25, 0.3) is 10.9 Å². The summed E-state index contributed by atoms with van der Waals surface area (Å²) in [5, 5.41) is 11.5. The van der Waals surface area contributed by atoms with Crippen LogP contribution in [0.15, 0.2) is 24.4 Å².